The van der Waals surface area contributed by atoms with Gasteiger partial charge in [-0.1, -0.05) is 0 Å². The van der Waals surface area contributed by atoms with E-state index in [-0.39, 0.29) is 21.5 Å². The highest BCUT2D eigenvalue weighted by Gasteiger charge is 2.44. The Morgan fingerprint density at radius 3 is 1.94 bits per heavy atom. The molecule has 168 valence electrons. The average molecular weight is 450 g/mol. The van der Waals surface area contributed by atoms with Gasteiger partial charge in [-0.15, -0.1) is 0 Å². The Morgan fingerprint density at radius 1 is 0.750 bits per heavy atom. The van der Waals surface area contributed by atoms with Crippen molar-refractivity contribution in [2.45, 2.75) is 30.9 Å². The Kier molecular flexibility index (Phi) is 4.24. The Balaban J connectivity index is 1.76. The molecule has 0 saturated carbocycles. The van der Waals surface area contributed by atoms with Crippen LogP contribution < -0.4 is 16.0 Å². The maximum atomic E-state index is 12.6. The van der Waals surface area contributed by atoms with Crippen LogP contribution in [0.5, 0.6) is 23.0 Å². The second-order valence-electron chi connectivity index (χ2n) is 7.23. The predicted octanol–water partition coefficient (Wildman–Crippen LogP) is -1.26. The minimum Gasteiger partial charge on any atom is -0.504 e. The molecule has 5 rings (SSSR count). The lowest BCUT2D eigenvalue weighted by molar-refractivity contribution is -0.321. The summed E-state index contributed by atoms with van der Waals surface area (Å²) in [5.41, 5.74) is -3.16. The molecular weight excluding hydrogens is 436 g/mol. The lowest BCUT2D eigenvalue weighted by Crippen LogP contribution is -2.59. The molecule has 13 heteroatoms. The van der Waals surface area contributed by atoms with Crippen molar-refractivity contribution in [1.82, 2.24) is 0 Å². The highest BCUT2D eigenvalue weighted by molar-refractivity contribution is 6.22. The molecule has 4 aromatic rings. The van der Waals surface area contributed by atoms with Crippen molar-refractivity contribution < 1.29 is 54.1 Å². The second-order valence-corrected chi connectivity index (χ2v) is 7.23. The first kappa shape index (κ1) is 20.3. The van der Waals surface area contributed by atoms with Gasteiger partial charge in [-0.2, -0.15) is 0 Å². The molecule has 0 bridgehead atoms. The van der Waals surface area contributed by atoms with Gasteiger partial charge in [0, 0.05) is 10.8 Å². The van der Waals surface area contributed by atoms with Crippen molar-refractivity contribution in [3.8, 4) is 23.0 Å². The van der Waals surface area contributed by atoms with Gasteiger partial charge in [-0.3, -0.25) is 0 Å². The molecule has 5 atom stereocenters. The van der Waals surface area contributed by atoms with Crippen LogP contribution in [0.1, 0.15) is 0 Å². The number of phenols is 3. The average Bonchev–Trinajstić information content (AvgIpc) is 2.75. The number of phenolic OH excluding ortho intramolecular Hbond substituents is 3. The standard InChI is InChI=1S/C19H14O13/c20-5-1-3-7-8-4(17(27)30-14(7)9(5)21)2-6(10(22)15(8)31-16(3)26)29-19-13(25)11(23)12(24)18(28)32-19/h1-2,11-13,18-25,28H. The number of aliphatic hydroxyl groups is 4. The zero-order valence-corrected chi connectivity index (χ0v) is 15.6. The first-order chi connectivity index (χ1) is 15.1. The molecule has 2 aromatic carbocycles. The van der Waals surface area contributed by atoms with Gasteiger partial charge in [0.2, 0.25) is 17.8 Å². The van der Waals surface area contributed by atoms with Crippen LogP contribution >= 0.6 is 0 Å². The van der Waals surface area contributed by atoms with Crippen LogP contribution in [-0.4, -0.2) is 66.6 Å². The lowest BCUT2D eigenvalue weighted by Gasteiger charge is -2.37. The van der Waals surface area contributed by atoms with Crippen molar-refractivity contribution in [3.05, 3.63) is 33.0 Å². The van der Waals surface area contributed by atoms with E-state index in [0.29, 0.717) is 0 Å². The molecule has 1 aliphatic heterocycles. The summed E-state index contributed by atoms with van der Waals surface area (Å²) >= 11 is 0. The first-order valence-corrected chi connectivity index (χ1v) is 9.08. The van der Waals surface area contributed by atoms with Crippen LogP contribution in [-0.2, 0) is 4.74 Å². The molecular formula is C19H14O13. The molecule has 1 fully saturated rings. The fraction of sp³-hybridized carbons (Fsp3) is 0.263. The monoisotopic (exact) mass is 450 g/mol. The third-order valence-corrected chi connectivity index (χ3v) is 5.32. The molecule has 0 radical (unpaired) electrons. The summed E-state index contributed by atoms with van der Waals surface area (Å²) in [4.78, 5) is 25.0. The summed E-state index contributed by atoms with van der Waals surface area (Å²) in [6.07, 6.45) is -9.32. The number of hydrogen-bond acceptors (Lipinski definition) is 13. The van der Waals surface area contributed by atoms with Crippen LogP contribution in [0, 0.1) is 0 Å². The Morgan fingerprint density at radius 2 is 1.31 bits per heavy atom. The van der Waals surface area contributed by atoms with Gasteiger partial charge in [0.05, 0.1) is 10.8 Å². The predicted molar refractivity (Wildman–Crippen MR) is 102 cm³/mol. The van der Waals surface area contributed by atoms with Gasteiger partial charge in [-0.05, 0) is 12.1 Å². The normalized spacial score (nSPS) is 26.3. The largest absolute Gasteiger partial charge is 0.504 e. The zero-order valence-electron chi connectivity index (χ0n) is 15.6. The SMILES string of the molecule is O=c1oc2c(O)c(OC3OC(O)C(O)C(O)C3O)cc3c(=O)oc4c(O)c(O)cc1c4c23. The molecule has 13 nitrogen and oxygen atoms in total. The number of aliphatic hydroxyl groups excluding tert-OH is 4. The van der Waals surface area contributed by atoms with Gasteiger partial charge in [0.25, 0.3) is 0 Å². The molecule has 1 aliphatic rings. The van der Waals surface area contributed by atoms with Crippen LogP contribution in [0.15, 0.2) is 30.6 Å². The van der Waals surface area contributed by atoms with Crippen LogP contribution in [0.3, 0.4) is 0 Å². The van der Waals surface area contributed by atoms with Crippen LogP contribution in [0.2, 0.25) is 0 Å². The number of hydrogen-bond donors (Lipinski definition) is 7. The fourth-order valence-corrected chi connectivity index (χ4v) is 3.71. The van der Waals surface area contributed by atoms with Crippen molar-refractivity contribution in [2.75, 3.05) is 0 Å². The first-order valence-electron chi connectivity index (χ1n) is 9.08. The molecule has 32 heavy (non-hydrogen) atoms. The zero-order chi connectivity index (χ0) is 23.1. The van der Waals surface area contributed by atoms with Crippen molar-refractivity contribution in [3.63, 3.8) is 0 Å². The van der Waals surface area contributed by atoms with Gasteiger partial charge in [0.1, 0.15) is 18.3 Å². The second kappa shape index (κ2) is 6.69. The molecule has 3 heterocycles. The molecule has 2 aromatic heterocycles. The van der Waals surface area contributed by atoms with E-state index in [1.54, 1.807) is 0 Å². The number of rotatable bonds is 2. The summed E-state index contributed by atoms with van der Waals surface area (Å²) in [5.74, 6) is -2.91. The third-order valence-electron chi connectivity index (χ3n) is 5.32. The smallest absolute Gasteiger partial charge is 0.344 e. The maximum Gasteiger partial charge on any atom is 0.344 e. The van der Waals surface area contributed by atoms with Crippen molar-refractivity contribution >= 4 is 32.7 Å². The summed E-state index contributed by atoms with van der Waals surface area (Å²) in [6.45, 7) is 0. The minimum atomic E-state index is -1.94. The van der Waals surface area contributed by atoms with E-state index in [2.05, 4.69) is 0 Å². The molecule has 5 unspecified atom stereocenters. The Labute approximate surface area is 174 Å². The quantitative estimate of drug-likeness (QED) is 0.108. The van der Waals surface area contributed by atoms with Crippen LogP contribution in [0.4, 0.5) is 0 Å². The topological polar surface area (TPSA) is 220 Å². The third kappa shape index (κ3) is 2.63. The van der Waals surface area contributed by atoms with Gasteiger partial charge < -0.3 is 54.1 Å². The van der Waals surface area contributed by atoms with Crippen molar-refractivity contribution in [1.29, 1.82) is 0 Å². The van der Waals surface area contributed by atoms with E-state index >= 15 is 0 Å². The number of ether oxygens (including phenoxy) is 2. The van der Waals surface area contributed by atoms with Gasteiger partial charge in [-0.25, -0.2) is 9.59 Å². The van der Waals surface area contributed by atoms with Gasteiger partial charge in [0.15, 0.2) is 29.0 Å². The van der Waals surface area contributed by atoms with Crippen molar-refractivity contribution in [2.24, 2.45) is 0 Å². The molecule has 1 saturated heterocycles. The van der Waals surface area contributed by atoms with E-state index < -0.39 is 76.3 Å². The molecule has 0 aliphatic carbocycles. The molecule has 0 spiro atoms. The highest BCUT2D eigenvalue weighted by atomic mass is 16.7. The summed E-state index contributed by atoms with van der Waals surface area (Å²) in [6, 6.07) is 1.87. The molecule has 7 N–H and O–H groups in total. The summed E-state index contributed by atoms with van der Waals surface area (Å²) in [5, 5.41) is 68.9. The number of benzene rings is 2. The maximum absolute atomic E-state index is 12.6. The summed E-state index contributed by atoms with van der Waals surface area (Å²) < 4.78 is 20.3. The minimum absolute atomic E-state index is 0.106. The van der Waals surface area contributed by atoms with Crippen LogP contribution in [0.25, 0.3) is 32.7 Å². The highest BCUT2D eigenvalue weighted by Crippen LogP contribution is 2.45. The van der Waals surface area contributed by atoms with E-state index in [0.717, 1.165) is 12.1 Å². The summed E-state index contributed by atoms with van der Waals surface area (Å²) in [7, 11) is 0. The van der Waals surface area contributed by atoms with E-state index in [1.807, 2.05) is 0 Å². The van der Waals surface area contributed by atoms with E-state index in [9.17, 15) is 45.3 Å². The number of aromatic hydroxyl groups is 3. The molecule has 0 amide bonds. The fourth-order valence-electron chi connectivity index (χ4n) is 3.71. The lowest BCUT2D eigenvalue weighted by atomic mass is 10.0. The van der Waals surface area contributed by atoms with E-state index in [4.69, 9.17) is 18.3 Å². The van der Waals surface area contributed by atoms with E-state index in [1.165, 1.54) is 0 Å². The van der Waals surface area contributed by atoms with Gasteiger partial charge >= 0.3 is 11.3 Å². The Bertz CT molecular complexity index is 1480. The Hall–Kier alpha value is -3.62.